The van der Waals surface area contributed by atoms with Crippen molar-refractivity contribution in [1.82, 2.24) is 0 Å². The summed E-state index contributed by atoms with van der Waals surface area (Å²) in [6, 6.07) is 9.75. The van der Waals surface area contributed by atoms with E-state index < -0.39 is 89.9 Å². The number of hydrogen-bond donors (Lipinski definition) is 12. The van der Waals surface area contributed by atoms with Crippen molar-refractivity contribution in [3.05, 3.63) is 70.8 Å². The average molecular weight is 810 g/mol. The van der Waals surface area contributed by atoms with Crippen molar-refractivity contribution >= 4 is 11.0 Å². The van der Waals surface area contributed by atoms with Crippen LogP contribution in [0.15, 0.2) is 52.9 Å². The molecule has 2 aliphatic rings. The van der Waals surface area contributed by atoms with E-state index in [1.54, 1.807) is 6.92 Å². The fourth-order valence-electron chi connectivity index (χ4n) is 7.40. The van der Waals surface area contributed by atoms with Gasteiger partial charge in [-0.2, -0.15) is 0 Å². The zero-order chi connectivity index (χ0) is 41.9. The highest BCUT2D eigenvalue weighted by molar-refractivity contribution is 5.92. The lowest BCUT2D eigenvalue weighted by Crippen LogP contribution is -2.60. The van der Waals surface area contributed by atoms with E-state index in [9.17, 15) is 61.3 Å². The van der Waals surface area contributed by atoms with Crippen LogP contribution in [0.3, 0.4) is 0 Å². The normalized spacial score (nSPS) is 23.5. The molecule has 8 atom stereocenters. The predicted octanol–water partition coefficient (Wildman–Crippen LogP) is 2.70. The zero-order valence-electron chi connectivity index (χ0n) is 31.0. The Morgan fingerprint density at radius 2 is 1.38 bits per heavy atom. The van der Waals surface area contributed by atoms with Gasteiger partial charge in [0.2, 0.25) is 17.8 Å². The van der Waals surface area contributed by atoms with E-state index in [1.165, 1.54) is 50.6 Å². The molecular weight excluding hydrogens is 768 g/mol. The zero-order valence-corrected chi connectivity index (χ0v) is 31.0. The number of fused-ring (bicyclic) bond motifs is 2. The second kappa shape index (κ2) is 15.3. The Morgan fingerprint density at radius 3 is 2.02 bits per heavy atom. The molecule has 2 aliphatic heterocycles. The van der Waals surface area contributed by atoms with E-state index in [2.05, 4.69) is 0 Å². The smallest absolute Gasteiger partial charge is 0.402 e. The van der Waals surface area contributed by atoms with Crippen LogP contribution in [0, 0.1) is 0 Å². The van der Waals surface area contributed by atoms with Crippen molar-refractivity contribution < 1.29 is 89.4 Å². The van der Waals surface area contributed by atoms with E-state index in [1.807, 2.05) is 0 Å². The van der Waals surface area contributed by atoms with Gasteiger partial charge in [-0.3, -0.25) is 0 Å². The average Bonchev–Trinajstić information content (AvgIpc) is 3.19. The van der Waals surface area contributed by atoms with Crippen molar-refractivity contribution in [2.75, 3.05) is 20.8 Å². The molecule has 0 radical (unpaired) electrons. The summed E-state index contributed by atoms with van der Waals surface area (Å²) < 4.78 is 35.0. The fourth-order valence-corrected chi connectivity index (χ4v) is 7.40. The van der Waals surface area contributed by atoms with E-state index in [0.717, 1.165) is 12.1 Å². The third kappa shape index (κ3) is 6.74. The summed E-state index contributed by atoms with van der Waals surface area (Å²) in [5.41, 5.74) is 0.189. The van der Waals surface area contributed by atoms with Gasteiger partial charge in [-0.15, -0.1) is 0 Å². The second-order valence-corrected chi connectivity index (χ2v) is 14.0. The number of aliphatic hydroxyl groups excluding tert-OH is 5. The van der Waals surface area contributed by atoms with Crippen molar-refractivity contribution in [3.8, 4) is 74.6 Å². The number of hydrogen-bond acceptors (Lipinski definition) is 17. The summed E-state index contributed by atoms with van der Waals surface area (Å²) in [7, 11) is 2.55. The molecule has 308 valence electrons. The fraction of sp³-hybridized carbons (Fsp3) is 0.325. The predicted molar refractivity (Wildman–Crippen MR) is 199 cm³/mol. The third-order valence-corrected chi connectivity index (χ3v) is 10.4. The molecule has 1 aromatic heterocycles. The lowest BCUT2D eigenvalue weighted by molar-refractivity contribution is -0.277. The van der Waals surface area contributed by atoms with Crippen LogP contribution in [0.25, 0.3) is 22.3 Å². The van der Waals surface area contributed by atoms with Crippen LogP contribution in [0.1, 0.15) is 41.2 Å². The minimum Gasteiger partial charge on any atom is -0.507 e. The number of methoxy groups -OCH3 is 2. The Labute approximate surface area is 328 Å². The monoisotopic (exact) mass is 809 g/mol. The van der Waals surface area contributed by atoms with E-state index in [-0.39, 0.29) is 79.7 Å². The Kier molecular flexibility index (Phi) is 10.6. The molecule has 0 saturated carbocycles. The maximum absolute atomic E-state index is 11.5. The number of phenols is 7. The molecule has 3 heterocycles. The van der Waals surface area contributed by atoms with Gasteiger partial charge in [-0.1, -0.05) is 13.0 Å². The van der Waals surface area contributed by atoms with Crippen molar-refractivity contribution in [2.45, 2.75) is 62.2 Å². The molecule has 7 rings (SSSR count). The maximum Gasteiger partial charge on any atom is 0.402 e. The van der Waals surface area contributed by atoms with Crippen LogP contribution in [-0.4, -0.2) is 119 Å². The number of aliphatic hydroxyl groups is 5. The first-order chi connectivity index (χ1) is 27.6. The van der Waals surface area contributed by atoms with Gasteiger partial charge >= 0.3 is 11.3 Å². The molecule has 5 aromatic rings. The molecule has 1 fully saturated rings. The molecule has 3 unspecified atom stereocenters. The lowest BCUT2D eigenvalue weighted by atomic mass is 9.85. The largest absolute Gasteiger partial charge is 0.507 e. The Balaban J connectivity index is 1.43. The number of benzene rings is 4. The van der Waals surface area contributed by atoms with E-state index >= 15 is 0 Å². The molecule has 58 heavy (non-hydrogen) atoms. The van der Waals surface area contributed by atoms with Gasteiger partial charge in [-0.25, -0.2) is 4.42 Å². The van der Waals surface area contributed by atoms with Gasteiger partial charge in [0, 0.05) is 53.8 Å². The van der Waals surface area contributed by atoms with Crippen LogP contribution in [0.2, 0.25) is 0 Å². The van der Waals surface area contributed by atoms with Gasteiger partial charge in [0.1, 0.15) is 70.2 Å². The van der Waals surface area contributed by atoms with Crippen LogP contribution >= 0.6 is 0 Å². The Hall–Kier alpha value is -6.15. The number of phenolic OH excluding ortho intramolecular Hbond substituents is 7. The van der Waals surface area contributed by atoms with Crippen molar-refractivity contribution in [3.63, 3.8) is 0 Å². The van der Waals surface area contributed by atoms with E-state index in [4.69, 9.17) is 28.1 Å². The molecule has 0 aliphatic carbocycles. The van der Waals surface area contributed by atoms with Crippen LogP contribution in [0.4, 0.5) is 0 Å². The molecule has 0 bridgehead atoms. The SMILES string of the molecule is COc1cc(-c2[o+]c3c(C(C)c4c(O)cc(O)c5c4OC(c4ccc(O)c(O)c4)C(O)C5)c(O)cc(O)c3cc2O[C@H]2O[C@H](CO)[C@@H](O)[C@H](O)[C@H]2O)cc(OC)c1O. The van der Waals surface area contributed by atoms with E-state index in [0.29, 0.717) is 0 Å². The second-order valence-electron chi connectivity index (χ2n) is 14.0. The molecule has 0 spiro atoms. The van der Waals surface area contributed by atoms with Gasteiger partial charge in [-0.05, 0) is 17.7 Å². The summed E-state index contributed by atoms with van der Waals surface area (Å²) >= 11 is 0. The molecule has 12 N–H and O–H groups in total. The lowest BCUT2D eigenvalue weighted by Gasteiger charge is -2.39. The van der Waals surface area contributed by atoms with Crippen LogP contribution in [0.5, 0.6) is 63.2 Å². The highest BCUT2D eigenvalue weighted by atomic mass is 16.7. The summed E-state index contributed by atoms with van der Waals surface area (Å²) in [5.74, 6) is -5.12. The van der Waals surface area contributed by atoms with Crippen LogP contribution < -0.4 is 18.9 Å². The third-order valence-electron chi connectivity index (χ3n) is 10.4. The first-order valence-corrected chi connectivity index (χ1v) is 17.8. The minimum absolute atomic E-state index is 0.00126. The summed E-state index contributed by atoms with van der Waals surface area (Å²) in [6.07, 6.45) is -11.1. The molecule has 0 amide bonds. The Morgan fingerprint density at radius 1 is 0.724 bits per heavy atom. The van der Waals surface area contributed by atoms with Crippen LogP contribution in [-0.2, 0) is 11.2 Å². The highest BCUT2D eigenvalue weighted by Gasteiger charge is 2.46. The summed E-state index contributed by atoms with van der Waals surface area (Å²) in [6.45, 7) is 0.788. The van der Waals surface area contributed by atoms with Gasteiger partial charge < -0.3 is 85.0 Å². The summed E-state index contributed by atoms with van der Waals surface area (Å²) in [4.78, 5) is 0. The number of rotatable bonds is 9. The van der Waals surface area contributed by atoms with Gasteiger partial charge in [0.05, 0.1) is 32.5 Å². The quantitative estimate of drug-likeness (QED) is 0.0752. The number of ether oxygens (including phenoxy) is 5. The molecular formula is C40H41O18+. The van der Waals surface area contributed by atoms with Crippen molar-refractivity contribution in [1.29, 1.82) is 0 Å². The topological polar surface area (TPSA) is 300 Å². The molecule has 18 heteroatoms. The highest BCUT2D eigenvalue weighted by Crippen LogP contribution is 2.54. The first kappa shape index (κ1) is 40.1. The summed E-state index contributed by atoms with van der Waals surface area (Å²) in [5, 5.41) is 128. The maximum atomic E-state index is 11.5. The van der Waals surface area contributed by atoms with Crippen molar-refractivity contribution in [2.24, 2.45) is 0 Å². The molecule has 18 nitrogen and oxygen atoms in total. The standard InChI is InChI=1S/C40H40O18/c1-14(30-23(46)11-20(43)17-9-25(48)36(57-38(17)30)15-4-5-19(42)22(45)6-15)31-24(47)12-21(44)18-10-28(55-40-35(52)34(51)33(50)29(13-41)56-40)37(58-39(18)31)16-7-26(53-2)32(49)27(8-16)54-3/h4-8,10-12,14,25,29,33-36,40-41,48,50-52H,9,13H2,1-3H3,(H6-,42,43,44,45,46,47,49)/p+1/t14?,25?,29-,33-,34+,35-,36?,40+/m1/s1. The van der Waals surface area contributed by atoms with Gasteiger partial charge in [0.15, 0.2) is 23.0 Å². The molecule has 1 saturated heterocycles. The molecule has 4 aromatic carbocycles. The minimum atomic E-state index is -1.87. The first-order valence-electron chi connectivity index (χ1n) is 17.8. The Bertz CT molecular complexity index is 2350. The number of aromatic hydroxyl groups is 7. The van der Waals surface area contributed by atoms with Gasteiger partial charge in [0.25, 0.3) is 0 Å².